The summed E-state index contributed by atoms with van der Waals surface area (Å²) >= 11 is 5.45. The van der Waals surface area contributed by atoms with Crippen LogP contribution in [0.25, 0.3) is 0 Å². The zero-order valence-corrected chi connectivity index (χ0v) is 11.6. The van der Waals surface area contributed by atoms with Crippen LogP contribution < -0.4 is 11.3 Å². The molecule has 0 aliphatic rings. The largest absolute Gasteiger partial charge is 0.271 e. The minimum atomic E-state index is -1.39. The average molecular weight is 319 g/mol. The number of nitrogens with two attached hydrogens (primary N) is 1. The molecule has 0 aliphatic carbocycles. The lowest BCUT2D eigenvalue weighted by Crippen LogP contribution is -2.31. The first kappa shape index (κ1) is 15.8. The molecule has 0 spiro atoms. The van der Waals surface area contributed by atoms with Crippen molar-refractivity contribution < 1.29 is 17.6 Å². The van der Waals surface area contributed by atoms with Gasteiger partial charge in [0.1, 0.15) is 23.3 Å². The smallest absolute Gasteiger partial charge is 0.142 e. The van der Waals surface area contributed by atoms with Crippen LogP contribution in [0.3, 0.4) is 0 Å². The number of halogens is 5. The Hall–Kier alpha value is -1.63. The van der Waals surface area contributed by atoms with Crippen molar-refractivity contribution in [3.8, 4) is 0 Å². The van der Waals surface area contributed by atoms with Gasteiger partial charge in [0.25, 0.3) is 0 Å². The predicted octanol–water partition coefficient (Wildman–Crippen LogP) is 3.76. The summed E-state index contributed by atoms with van der Waals surface area (Å²) in [5.74, 6) is 1.63. The van der Waals surface area contributed by atoms with Crippen LogP contribution in [-0.2, 0) is 0 Å². The topological polar surface area (TPSA) is 38.0 Å². The predicted molar refractivity (Wildman–Crippen MR) is 71.6 cm³/mol. The molecule has 0 aliphatic heterocycles. The molecule has 2 aromatic rings. The molecular weight excluding hydrogens is 308 g/mol. The summed E-state index contributed by atoms with van der Waals surface area (Å²) in [5, 5.41) is -0.433. The fraction of sp³-hybridized carbons (Fsp3) is 0.143. The van der Waals surface area contributed by atoms with Crippen molar-refractivity contribution in [2.75, 3.05) is 0 Å². The molecule has 0 heterocycles. The number of hydrazine groups is 1. The van der Waals surface area contributed by atoms with Gasteiger partial charge < -0.3 is 0 Å². The van der Waals surface area contributed by atoms with E-state index in [1.165, 1.54) is 13.0 Å². The molecule has 0 fully saturated rings. The monoisotopic (exact) mass is 318 g/mol. The fourth-order valence-electron chi connectivity index (χ4n) is 2.03. The second kappa shape index (κ2) is 6.01. The Morgan fingerprint density at radius 1 is 1.05 bits per heavy atom. The lowest BCUT2D eigenvalue weighted by atomic mass is 9.96. The summed E-state index contributed by atoms with van der Waals surface area (Å²) in [5.41, 5.74) is 1.42. The molecule has 1 unspecified atom stereocenters. The van der Waals surface area contributed by atoms with Crippen LogP contribution in [0, 0.1) is 30.2 Å². The highest BCUT2D eigenvalue weighted by molar-refractivity contribution is 6.30. The number of aryl methyl sites for hydroxylation is 1. The Morgan fingerprint density at radius 2 is 1.71 bits per heavy atom. The molecule has 0 radical (unpaired) electrons. The molecule has 112 valence electrons. The number of hydrogen-bond donors (Lipinski definition) is 2. The van der Waals surface area contributed by atoms with Crippen molar-refractivity contribution in [2.45, 2.75) is 13.0 Å². The Morgan fingerprint density at radius 3 is 2.33 bits per heavy atom. The van der Waals surface area contributed by atoms with Gasteiger partial charge in [-0.15, -0.1) is 0 Å². The van der Waals surface area contributed by atoms with Crippen molar-refractivity contribution in [3.63, 3.8) is 0 Å². The highest BCUT2D eigenvalue weighted by atomic mass is 35.5. The zero-order chi connectivity index (χ0) is 15.7. The average Bonchev–Trinajstić information content (AvgIpc) is 2.44. The van der Waals surface area contributed by atoms with Gasteiger partial charge in [-0.1, -0.05) is 17.7 Å². The van der Waals surface area contributed by atoms with E-state index < -0.39 is 39.9 Å². The molecule has 0 amide bonds. The highest BCUT2D eigenvalue weighted by Gasteiger charge is 2.25. The van der Waals surface area contributed by atoms with Crippen molar-refractivity contribution >= 4 is 11.6 Å². The van der Waals surface area contributed by atoms with E-state index >= 15 is 0 Å². The van der Waals surface area contributed by atoms with E-state index in [9.17, 15) is 17.6 Å². The van der Waals surface area contributed by atoms with Crippen molar-refractivity contribution in [1.82, 2.24) is 5.43 Å². The molecule has 0 aromatic heterocycles. The molecule has 0 bridgehead atoms. The number of rotatable bonds is 3. The summed E-state index contributed by atoms with van der Waals surface area (Å²) in [6.07, 6.45) is 0. The highest BCUT2D eigenvalue weighted by Crippen LogP contribution is 2.31. The first-order chi connectivity index (χ1) is 9.86. The molecule has 0 saturated carbocycles. The van der Waals surface area contributed by atoms with Crippen molar-refractivity contribution in [1.29, 1.82) is 0 Å². The fourth-order valence-corrected chi connectivity index (χ4v) is 2.18. The normalized spacial score (nSPS) is 12.5. The van der Waals surface area contributed by atoms with Gasteiger partial charge in [-0.25, -0.2) is 23.0 Å². The van der Waals surface area contributed by atoms with Gasteiger partial charge in [0.2, 0.25) is 0 Å². The molecular formula is C14H11ClF4N2. The van der Waals surface area contributed by atoms with Gasteiger partial charge in [-0.2, -0.15) is 0 Å². The zero-order valence-electron chi connectivity index (χ0n) is 10.9. The maximum absolute atomic E-state index is 14.1. The van der Waals surface area contributed by atoms with E-state index in [1.807, 2.05) is 0 Å². The van der Waals surface area contributed by atoms with E-state index in [2.05, 4.69) is 5.43 Å². The van der Waals surface area contributed by atoms with Gasteiger partial charge in [0, 0.05) is 11.1 Å². The Bertz CT molecular complexity index is 691. The number of nitrogens with one attached hydrogen (secondary N) is 1. The minimum absolute atomic E-state index is 0.154. The second-order valence-corrected chi connectivity index (χ2v) is 4.89. The molecule has 3 N–H and O–H groups in total. The van der Waals surface area contributed by atoms with E-state index in [-0.39, 0.29) is 11.1 Å². The van der Waals surface area contributed by atoms with Crippen LogP contribution in [0.1, 0.15) is 22.7 Å². The first-order valence-corrected chi connectivity index (χ1v) is 6.29. The molecule has 1 atom stereocenters. The van der Waals surface area contributed by atoms with Gasteiger partial charge in [-0.3, -0.25) is 5.84 Å². The van der Waals surface area contributed by atoms with Gasteiger partial charge in [-0.05, 0) is 30.7 Å². The first-order valence-electron chi connectivity index (χ1n) is 5.91. The van der Waals surface area contributed by atoms with E-state index in [1.54, 1.807) is 0 Å². The molecule has 2 rings (SSSR count). The third-order valence-corrected chi connectivity index (χ3v) is 3.42. The third-order valence-electron chi connectivity index (χ3n) is 3.13. The van der Waals surface area contributed by atoms with Crippen LogP contribution in [0.4, 0.5) is 17.6 Å². The number of hydrogen-bond acceptors (Lipinski definition) is 2. The van der Waals surface area contributed by atoms with Gasteiger partial charge in [0.15, 0.2) is 0 Å². The molecule has 0 saturated heterocycles. The maximum Gasteiger partial charge on any atom is 0.142 e. The van der Waals surface area contributed by atoms with Crippen molar-refractivity contribution in [2.24, 2.45) is 5.84 Å². The van der Waals surface area contributed by atoms with Crippen LogP contribution in [0.15, 0.2) is 24.3 Å². The summed E-state index contributed by atoms with van der Waals surface area (Å²) in [7, 11) is 0. The standard InChI is InChI=1S/C14H11ClF4N2/c1-6-2-3-9(16)12(13(6)19)14(21-20)7-4-11(18)8(15)5-10(7)17/h2-5,14,21H,20H2,1H3. The van der Waals surface area contributed by atoms with E-state index in [0.717, 1.165) is 18.2 Å². The summed E-state index contributed by atoms with van der Waals surface area (Å²) in [4.78, 5) is 0. The second-order valence-electron chi connectivity index (χ2n) is 4.48. The Kier molecular flexibility index (Phi) is 4.51. The lowest BCUT2D eigenvalue weighted by Gasteiger charge is -2.20. The van der Waals surface area contributed by atoms with E-state index in [0.29, 0.717) is 0 Å². The van der Waals surface area contributed by atoms with Crippen LogP contribution in [-0.4, -0.2) is 0 Å². The molecule has 2 nitrogen and oxygen atoms in total. The van der Waals surface area contributed by atoms with Gasteiger partial charge in [0.05, 0.1) is 11.1 Å². The van der Waals surface area contributed by atoms with Crippen LogP contribution >= 0.6 is 11.6 Å². The maximum atomic E-state index is 14.1. The number of benzene rings is 2. The summed E-state index contributed by atoms with van der Waals surface area (Å²) in [6.45, 7) is 1.42. The minimum Gasteiger partial charge on any atom is -0.271 e. The van der Waals surface area contributed by atoms with Crippen LogP contribution in [0.2, 0.25) is 5.02 Å². The van der Waals surface area contributed by atoms with Crippen molar-refractivity contribution in [3.05, 3.63) is 69.2 Å². The van der Waals surface area contributed by atoms with E-state index in [4.69, 9.17) is 17.4 Å². The quantitative estimate of drug-likeness (QED) is 0.391. The van der Waals surface area contributed by atoms with Crippen LogP contribution in [0.5, 0.6) is 0 Å². The Labute approximate surface area is 123 Å². The SMILES string of the molecule is Cc1ccc(F)c(C(NN)c2cc(F)c(Cl)cc2F)c1F. The molecule has 7 heteroatoms. The molecule has 21 heavy (non-hydrogen) atoms. The summed E-state index contributed by atoms with van der Waals surface area (Å²) in [6, 6.07) is 2.35. The molecule has 2 aromatic carbocycles. The third kappa shape index (κ3) is 2.88. The lowest BCUT2D eigenvalue weighted by molar-refractivity contribution is 0.488. The summed E-state index contributed by atoms with van der Waals surface area (Å²) < 4.78 is 55.4. The van der Waals surface area contributed by atoms with Gasteiger partial charge >= 0.3 is 0 Å². The Balaban J connectivity index is 2.66.